The fraction of sp³-hybridized carbons (Fsp3) is 0.353. The number of nitrogens with zero attached hydrogens (tertiary/aromatic N) is 2. The first kappa shape index (κ1) is 16.5. The Morgan fingerprint density at radius 1 is 1.14 bits per heavy atom. The topological polar surface area (TPSA) is 68.9 Å². The van der Waals surface area contributed by atoms with Crippen molar-refractivity contribution in [2.45, 2.75) is 45.5 Å². The van der Waals surface area contributed by atoms with Gasteiger partial charge in [-0.05, 0) is 56.9 Å². The van der Waals surface area contributed by atoms with Crippen LogP contribution in [0.1, 0.15) is 45.2 Å². The first-order valence-corrected chi connectivity index (χ1v) is 8.12. The molecule has 1 aromatic carbocycles. The van der Waals surface area contributed by atoms with Crippen LogP contribution in [0.25, 0.3) is 0 Å². The molecule has 22 heavy (non-hydrogen) atoms. The second kappa shape index (κ2) is 6.48. The summed E-state index contributed by atoms with van der Waals surface area (Å²) < 4.78 is 0. The van der Waals surface area contributed by atoms with Gasteiger partial charge in [-0.2, -0.15) is 0 Å². The maximum Gasteiger partial charge on any atom is 0.190 e. The summed E-state index contributed by atoms with van der Waals surface area (Å²) in [7, 11) is 0. The van der Waals surface area contributed by atoms with E-state index in [-0.39, 0.29) is 5.78 Å². The van der Waals surface area contributed by atoms with Crippen molar-refractivity contribution in [3.05, 3.63) is 45.6 Å². The zero-order valence-corrected chi connectivity index (χ0v) is 14.5. The van der Waals surface area contributed by atoms with Gasteiger partial charge in [0.25, 0.3) is 0 Å². The van der Waals surface area contributed by atoms with E-state index in [1.54, 1.807) is 24.8 Å². The van der Waals surface area contributed by atoms with Crippen molar-refractivity contribution in [2.75, 3.05) is 5.73 Å². The number of carbonyl (C=O) groups is 1. The molecule has 0 amide bonds. The van der Waals surface area contributed by atoms with Gasteiger partial charge in [0.05, 0.1) is 0 Å². The summed E-state index contributed by atoms with van der Waals surface area (Å²) in [5.74, 6) is 1.32. The highest BCUT2D eigenvalue weighted by atomic mass is 32.2. The van der Waals surface area contributed by atoms with Crippen LogP contribution in [0, 0.1) is 27.7 Å². The molecule has 2 rings (SSSR count). The molecule has 0 aliphatic rings. The fourth-order valence-electron chi connectivity index (χ4n) is 2.76. The highest BCUT2D eigenvalue weighted by molar-refractivity contribution is 7.98. The molecule has 0 bridgehead atoms. The predicted octanol–water partition coefficient (Wildman–Crippen LogP) is 3.79. The Bertz CT molecular complexity index is 721. The lowest BCUT2D eigenvalue weighted by Gasteiger charge is -2.15. The highest BCUT2D eigenvalue weighted by Gasteiger charge is 2.15. The molecular weight excluding hydrogens is 294 g/mol. The van der Waals surface area contributed by atoms with E-state index >= 15 is 0 Å². The molecule has 2 N–H and O–H groups in total. The first-order chi connectivity index (χ1) is 10.3. The third kappa shape index (κ3) is 3.47. The molecular formula is C17H21N3OS. The summed E-state index contributed by atoms with van der Waals surface area (Å²) in [4.78, 5) is 20.5. The number of aromatic nitrogens is 2. The van der Waals surface area contributed by atoms with E-state index in [2.05, 4.69) is 23.0 Å². The van der Waals surface area contributed by atoms with Gasteiger partial charge in [0, 0.05) is 23.1 Å². The van der Waals surface area contributed by atoms with Crippen LogP contribution in [-0.4, -0.2) is 15.8 Å². The Balaban J connectivity index is 2.33. The number of hydrogen-bond donors (Lipinski definition) is 1. The van der Waals surface area contributed by atoms with Crippen LogP contribution in [0.3, 0.4) is 0 Å². The van der Waals surface area contributed by atoms with Gasteiger partial charge in [-0.3, -0.25) is 4.79 Å². The van der Waals surface area contributed by atoms with Crippen LogP contribution >= 0.6 is 11.8 Å². The number of rotatable bonds is 4. The molecule has 1 heterocycles. The first-order valence-electron chi connectivity index (χ1n) is 7.14. The average Bonchev–Trinajstić information content (AvgIpc) is 2.35. The number of carbonyl (C=O) groups excluding carboxylic acids is 1. The summed E-state index contributed by atoms with van der Waals surface area (Å²) in [5.41, 5.74) is 11.9. The monoisotopic (exact) mass is 315 g/mol. The molecule has 0 saturated heterocycles. The van der Waals surface area contributed by atoms with Crippen molar-refractivity contribution >= 4 is 23.4 Å². The van der Waals surface area contributed by atoms with Gasteiger partial charge < -0.3 is 5.73 Å². The van der Waals surface area contributed by atoms with Gasteiger partial charge >= 0.3 is 0 Å². The van der Waals surface area contributed by atoms with Crippen molar-refractivity contribution < 1.29 is 4.79 Å². The van der Waals surface area contributed by atoms with E-state index in [4.69, 9.17) is 5.73 Å². The predicted molar refractivity (Wildman–Crippen MR) is 91.4 cm³/mol. The van der Waals surface area contributed by atoms with Gasteiger partial charge in [0.2, 0.25) is 0 Å². The van der Waals surface area contributed by atoms with E-state index in [1.165, 1.54) is 11.1 Å². The third-order valence-electron chi connectivity index (χ3n) is 3.68. The van der Waals surface area contributed by atoms with Crippen molar-refractivity contribution in [3.8, 4) is 0 Å². The van der Waals surface area contributed by atoms with E-state index in [1.807, 2.05) is 20.8 Å². The minimum Gasteiger partial charge on any atom is -0.384 e. The lowest BCUT2D eigenvalue weighted by Crippen LogP contribution is -2.05. The Labute approximate surface area is 135 Å². The second-order valence-electron chi connectivity index (χ2n) is 5.55. The largest absolute Gasteiger partial charge is 0.384 e. The Hall–Kier alpha value is -1.88. The molecule has 0 atom stereocenters. The number of nitrogen functional groups attached to an aromatic ring is 1. The minimum absolute atomic E-state index is 0.109. The molecule has 0 fully saturated rings. The van der Waals surface area contributed by atoms with Gasteiger partial charge in [-0.15, -0.1) is 0 Å². The summed E-state index contributed by atoms with van der Waals surface area (Å²) in [6.45, 7) is 9.59. The fourth-order valence-corrected chi connectivity index (χ4v) is 3.85. The summed E-state index contributed by atoms with van der Waals surface area (Å²) in [5, 5.41) is 0.668. The number of thioether (sulfide) groups is 1. The van der Waals surface area contributed by atoms with Crippen LogP contribution in [0.15, 0.2) is 17.3 Å². The van der Waals surface area contributed by atoms with E-state index in [0.717, 1.165) is 28.1 Å². The van der Waals surface area contributed by atoms with Crippen molar-refractivity contribution in [1.29, 1.82) is 0 Å². The number of Topliss-reactive ketones (excluding diaryl/α,β-unsaturated/α-hetero) is 1. The number of ketones is 1. The van der Waals surface area contributed by atoms with Crippen LogP contribution in [0.4, 0.5) is 5.82 Å². The van der Waals surface area contributed by atoms with Crippen LogP contribution in [0.2, 0.25) is 0 Å². The lowest BCUT2D eigenvalue weighted by molar-refractivity contribution is 0.101. The normalized spacial score (nSPS) is 10.8. The Kier molecular flexibility index (Phi) is 4.86. The molecule has 0 spiro atoms. The summed E-state index contributed by atoms with van der Waals surface area (Å²) in [6.07, 6.45) is 0. The van der Waals surface area contributed by atoms with Crippen molar-refractivity contribution in [2.24, 2.45) is 0 Å². The standard InChI is InChI=1S/C17H21N3OS/c1-9-6-10(2)16(13(5)21)12(4)14(9)8-22-17-19-11(3)7-15(18)20-17/h6-7H,8H2,1-5H3,(H2,18,19,20). The molecule has 4 nitrogen and oxygen atoms in total. The van der Waals surface area contributed by atoms with Crippen molar-refractivity contribution in [3.63, 3.8) is 0 Å². The van der Waals surface area contributed by atoms with Gasteiger partial charge in [-0.1, -0.05) is 17.8 Å². The van der Waals surface area contributed by atoms with Crippen LogP contribution in [-0.2, 0) is 5.75 Å². The zero-order valence-electron chi connectivity index (χ0n) is 13.7. The molecule has 0 radical (unpaired) electrons. The van der Waals surface area contributed by atoms with E-state index < -0.39 is 0 Å². The molecule has 0 aliphatic carbocycles. The van der Waals surface area contributed by atoms with Crippen LogP contribution in [0.5, 0.6) is 0 Å². The lowest BCUT2D eigenvalue weighted by atomic mass is 9.92. The molecule has 0 saturated carbocycles. The number of hydrogen-bond acceptors (Lipinski definition) is 5. The van der Waals surface area contributed by atoms with E-state index in [9.17, 15) is 4.79 Å². The molecule has 2 aromatic rings. The number of aryl methyl sites for hydroxylation is 3. The molecule has 1 aromatic heterocycles. The molecule has 0 unspecified atom stereocenters. The maximum absolute atomic E-state index is 11.9. The number of anilines is 1. The SMILES string of the molecule is CC(=O)c1c(C)cc(C)c(CSc2nc(C)cc(N)n2)c1C. The Morgan fingerprint density at radius 2 is 1.82 bits per heavy atom. The minimum atomic E-state index is 0.109. The number of benzene rings is 1. The maximum atomic E-state index is 11.9. The highest BCUT2D eigenvalue weighted by Crippen LogP contribution is 2.28. The molecule has 0 aliphatic heterocycles. The second-order valence-corrected chi connectivity index (χ2v) is 6.49. The van der Waals surface area contributed by atoms with Crippen molar-refractivity contribution in [1.82, 2.24) is 9.97 Å². The quantitative estimate of drug-likeness (QED) is 0.528. The van der Waals surface area contributed by atoms with E-state index in [0.29, 0.717) is 11.0 Å². The molecule has 5 heteroatoms. The van der Waals surface area contributed by atoms with Crippen LogP contribution < -0.4 is 5.73 Å². The Morgan fingerprint density at radius 3 is 2.41 bits per heavy atom. The number of nitrogens with two attached hydrogens (primary N) is 1. The summed E-state index contributed by atoms with van der Waals surface area (Å²) >= 11 is 1.54. The van der Waals surface area contributed by atoms with Gasteiger partial charge in [0.15, 0.2) is 10.9 Å². The molecule has 116 valence electrons. The van der Waals surface area contributed by atoms with Gasteiger partial charge in [-0.25, -0.2) is 9.97 Å². The third-order valence-corrected chi connectivity index (χ3v) is 4.56. The van der Waals surface area contributed by atoms with Gasteiger partial charge in [0.1, 0.15) is 5.82 Å². The average molecular weight is 315 g/mol. The summed E-state index contributed by atoms with van der Waals surface area (Å²) in [6, 6.07) is 3.82. The smallest absolute Gasteiger partial charge is 0.190 e. The zero-order chi connectivity index (χ0) is 16.4.